The van der Waals surface area contributed by atoms with E-state index in [2.05, 4.69) is 19.2 Å². The number of ether oxygens (including phenoxy) is 4. The maximum absolute atomic E-state index is 13.0. The Morgan fingerprint density at radius 1 is 0.593 bits per heavy atom. The Hall–Kier alpha value is -1.27. The topological polar surface area (TPSA) is 228 Å². The zero-order valence-corrected chi connectivity index (χ0v) is 36.5. The number of nitrogens with one attached hydrogen (secondary N) is 1. The molecule has 0 spiro atoms. The predicted molar refractivity (Wildman–Crippen MR) is 226 cm³/mol. The summed E-state index contributed by atoms with van der Waals surface area (Å²) in [6.07, 6.45) is 15.9. The molecule has 0 aromatic carbocycles. The van der Waals surface area contributed by atoms with Gasteiger partial charge in [0.05, 0.1) is 32.0 Å². The lowest BCUT2D eigenvalue weighted by Crippen LogP contribution is -2.65. The second-order valence-corrected chi connectivity index (χ2v) is 16.9. The third-order valence-electron chi connectivity index (χ3n) is 11.7. The minimum atomic E-state index is -1.78. The molecule has 59 heavy (non-hydrogen) atoms. The van der Waals surface area contributed by atoms with E-state index in [0.717, 1.165) is 51.4 Å². The van der Waals surface area contributed by atoms with Crippen LogP contribution in [-0.4, -0.2) is 140 Å². The summed E-state index contributed by atoms with van der Waals surface area (Å²) in [5.41, 5.74) is 0. The highest BCUT2D eigenvalue weighted by molar-refractivity contribution is 5.76. The Labute approximate surface area is 355 Å². The van der Waals surface area contributed by atoms with Gasteiger partial charge in [-0.2, -0.15) is 0 Å². The minimum absolute atomic E-state index is 0.243. The molecular weight excluding hydrogens is 762 g/mol. The molecule has 0 aromatic rings. The lowest BCUT2D eigenvalue weighted by atomic mass is 9.97. The number of hydrogen-bond acceptors (Lipinski definition) is 13. The van der Waals surface area contributed by atoms with Crippen LogP contribution >= 0.6 is 0 Å². The summed E-state index contributed by atoms with van der Waals surface area (Å²) in [5, 5.41) is 86.1. The molecule has 2 fully saturated rings. The van der Waals surface area contributed by atoms with E-state index in [0.29, 0.717) is 6.42 Å². The molecule has 14 heteroatoms. The third kappa shape index (κ3) is 21.6. The number of hydrogen-bond donors (Lipinski definition) is 9. The lowest BCUT2D eigenvalue weighted by molar-refractivity contribution is -0.359. The summed E-state index contributed by atoms with van der Waals surface area (Å²) in [6, 6.07) is -0.904. The Balaban J connectivity index is 1.77. The first-order chi connectivity index (χ1) is 28.6. The summed E-state index contributed by atoms with van der Waals surface area (Å²) in [6.45, 7) is 2.69. The van der Waals surface area contributed by atoms with E-state index in [-0.39, 0.29) is 18.9 Å². The highest BCUT2D eigenvalue weighted by Crippen LogP contribution is 2.30. The Morgan fingerprint density at radius 2 is 1.05 bits per heavy atom. The smallest absolute Gasteiger partial charge is 0.220 e. The van der Waals surface area contributed by atoms with Crippen LogP contribution in [0.15, 0.2) is 12.2 Å². The van der Waals surface area contributed by atoms with Crippen LogP contribution in [0.1, 0.15) is 174 Å². The molecule has 0 aliphatic carbocycles. The van der Waals surface area contributed by atoms with Gasteiger partial charge in [0.1, 0.15) is 48.8 Å². The van der Waals surface area contributed by atoms with Crippen molar-refractivity contribution in [3.05, 3.63) is 12.2 Å². The van der Waals surface area contributed by atoms with Crippen molar-refractivity contribution < 1.29 is 64.6 Å². The third-order valence-corrected chi connectivity index (χ3v) is 11.7. The van der Waals surface area contributed by atoms with E-state index in [9.17, 15) is 45.6 Å². The van der Waals surface area contributed by atoms with Crippen LogP contribution in [0, 0.1) is 0 Å². The van der Waals surface area contributed by atoms with Gasteiger partial charge in [0.2, 0.25) is 5.91 Å². The number of allylic oxidation sites excluding steroid dienone is 1. The van der Waals surface area contributed by atoms with Crippen LogP contribution in [0.25, 0.3) is 0 Å². The fourth-order valence-corrected chi connectivity index (χ4v) is 7.82. The highest BCUT2D eigenvalue weighted by atomic mass is 16.7. The first-order valence-corrected chi connectivity index (χ1v) is 23.4. The van der Waals surface area contributed by atoms with Gasteiger partial charge in [0, 0.05) is 6.42 Å². The molecule has 2 aliphatic rings. The lowest BCUT2D eigenvalue weighted by Gasteiger charge is -2.46. The average Bonchev–Trinajstić information content (AvgIpc) is 3.23. The summed E-state index contributed by atoms with van der Waals surface area (Å²) < 4.78 is 22.5. The van der Waals surface area contributed by atoms with E-state index in [1.54, 1.807) is 6.08 Å². The quantitative estimate of drug-likeness (QED) is 0.0308. The van der Waals surface area contributed by atoms with Crippen molar-refractivity contribution in [2.24, 2.45) is 0 Å². The fourth-order valence-electron chi connectivity index (χ4n) is 7.82. The molecule has 12 unspecified atom stereocenters. The van der Waals surface area contributed by atoms with E-state index in [1.807, 2.05) is 6.08 Å². The van der Waals surface area contributed by atoms with Crippen LogP contribution in [0.5, 0.6) is 0 Å². The molecule has 2 rings (SSSR count). The van der Waals surface area contributed by atoms with Gasteiger partial charge in [0.25, 0.3) is 0 Å². The second kappa shape index (κ2) is 33.3. The summed E-state index contributed by atoms with van der Waals surface area (Å²) in [7, 11) is 0. The molecule has 1 amide bonds. The number of aliphatic hydroxyl groups excluding tert-OH is 8. The van der Waals surface area contributed by atoms with Gasteiger partial charge in [-0.15, -0.1) is 0 Å². The fraction of sp³-hybridized carbons (Fsp3) is 0.933. The molecule has 14 nitrogen and oxygen atoms in total. The zero-order chi connectivity index (χ0) is 43.3. The van der Waals surface area contributed by atoms with Crippen LogP contribution in [0.4, 0.5) is 0 Å². The first-order valence-electron chi connectivity index (χ1n) is 23.4. The van der Waals surface area contributed by atoms with Gasteiger partial charge in [0.15, 0.2) is 12.6 Å². The van der Waals surface area contributed by atoms with E-state index in [4.69, 9.17) is 18.9 Å². The highest BCUT2D eigenvalue weighted by Gasteiger charge is 2.50. The largest absolute Gasteiger partial charge is 0.394 e. The maximum Gasteiger partial charge on any atom is 0.220 e. The van der Waals surface area contributed by atoms with E-state index >= 15 is 0 Å². The molecule has 2 heterocycles. The molecule has 348 valence electrons. The molecule has 0 aromatic heterocycles. The molecule has 9 N–H and O–H groups in total. The van der Waals surface area contributed by atoms with Crippen LogP contribution in [0.2, 0.25) is 0 Å². The SMILES string of the molecule is CCCCCC/C=C/C(O)C(COC1OC(CO)C(OC2OC(CO)C(O)C(O)C2O)C(O)C1O)NC(=O)CCCCCCCCCCCCCCCCCCCCC. The van der Waals surface area contributed by atoms with Gasteiger partial charge in [-0.05, 0) is 19.3 Å². The number of carbonyl (C=O) groups excluding carboxylic acids is 1. The molecule has 0 bridgehead atoms. The Bertz CT molecular complexity index is 1050. The van der Waals surface area contributed by atoms with Crippen molar-refractivity contribution in [3.8, 4) is 0 Å². The number of carbonyl (C=O) groups is 1. The molecule has 12 atom stereocenters. The standard InChI is InChI=1S/C45H85NO13/c1-3-5-7-9-11-12-13-14-15-16-17-18-19-20-21-22-23-25-27-29-37(50)46-33(34(49)28-26-24-10-8-6-4-2)32-56-44-42(55)40(53)43(36(31-48)58-44)59-45-41(54)39(52)38(51)35(30-47)57-45/h26,28,33-36,38-45,47-49,51-55H,3-25,27,29-32H2,1-2H3,(H,46,50)/b28-26+. The van der Waals surface area contributed by atoms with Crippen LogP contribution in [-0.2, 0) is 23.7 Å². The molecule has 0 saturated carbocycles. The molecular formula is C45H85NO13. The number of rotatable bonds is 35. The van der Waals surface area contributed by atoms with Crippen molar-refractivity contribution in [2.75, 3.05) is 19.8 Å². The summed E-state index contributed by atoms with van der Waals surface area (Å²) >= 11 is 0. The Kier molecular flexibility index (Phi) is 30.4. The maximum atomic E-state index is 13.0. The van der Waals surface area contributed by atoms with Gasteiger partial charge < -0.3 is 65.1 Å². The van der Waals surface area contributed by atoms with Crippen LogP contribution < -0.4 is 5.32 Å². The van der Waals surface area contributed by atoms with Crippen molar-refractivity contribution in [2.45, 2.75) is 248 Å². The molecule has 0 radical (unpaired) electrons. The number of amides is 1. The Morgan fingerprint density at radius 3 is 1.56 bits per heavy atom. The van der Waals surface area contributed by atoms with E-state index < -0.39 is 86.8 Å². The normalized spacial score (nSPS) is 28.6. The van der Waals surface area contributed by atoms with E-state index in [1.165, 1.54) is 96.3 Å². The zero-order valence-electron chi connectivity index (χ0n) is 36.5. The summed E-state index contributed by atoms with van der Waals surface area (Å²) in [4.78, 5) is 13.0. The van der Waals surface area contributed by atoms with Gasteiger partial charge >= 0.3 is 0 Å². The van der Waals surface area contributed by atoms with Crippen LogP contribution in [0.3, 0.4) is 0 Å². The average molecular weight is 848 g/mol. The number of aliphatic hydroxyl groups is 8. The van der Waals surface area contributed by atoms with Gasteiger partial charge in [-0.3, -0.25) is 4.79 Å². The van der Waals surface area contributed by atoms with Crippen molar-refractivity contribution in [1.29, 1.82) is 0 Å². The van der Waals surface area contributed by atoms with Crippen molar-refractivity contribution >= 4 is 5.91 Å². The van der Waals surface area contributed by atoms with Gasteiger partial charge in [-0.1, -0.05) is 161 Å². The molecule has 2 aliphatic heterocycles. The van der Waals surface area contributed by atoms with Crippen molar-refractivity contribution in [1.82, 2.24) is 5.32 Å². The second-order valence-electron chi connectivity index (χ2n) is 16.9. The number of unbranched alkanes of at least 4 members (excludes halogenated alkanes) is 22. The first kappa shape index (κ1) is 53.9. The predicted octanol–water partition coefficient (Wildman–Crippen LogP) is 4.82. The minimum Gasteiger partial charge on any atom is -0.394 e. The molecule has 2 saturated heterocycles. The van der Waals surface area contributed by atoms with Gasteiger partial charge in [-0.25, -0.2) is 0 Å². The van der Waals surface area contributed by atoms with Crippen molar-refractivity contribution in [3.63, 3.8) is 0 Å². The summed E-state index contributed by atoms with van der Waals surface area (Å²) in [5.74, 6) is -0.243. The monoisotopic (exact) mass is 848 g/mol.